The van der Waals surface area contributed by atoms with E-state index in [1.807, 2.05) is 36.4 Å². The second kappa shape index (κ2) is 12.4. The third-order valence-corrected chi connectivity index (χ3v) is 7.47. The molecule has 0 bridgehead atoms. The number of hydrogen-bond donors (Lipinski definition) is 2. The van der Waals surface area contributed by atoms with Crippen LogP contribution in [0, 0.1) is 3.57 Å². The number of amides is 1. The quantitative estimate of drug-likeness (QED) is 0.150. The molecule has 1 fully saturated rings. The van der Waals surface area contributed by atoms with Gasteiger partial charge >= 0.3 is 0 Å². The topological polar surface area (TPSA) is 59.6 Å². The van der Waals surface area contributed by atoms with Crippen molar-refractivity contribution in [2.45, 2.75) is 31.9 Å². The van der Waals surface area contributed by atoms with E-state index in [9.17, 15) is 4.79 Å². The first-order valence-electron chi connectivity index (χ1n) is 11.7. The first-order valence-corrected chi connectivity index (χ1v) is 13.7. The van der Waals surface area contributed by atoms with Gasteiger partial charge in [-0.05, 0) is 94.6 Å². The molecule has 7 heteroatoms. The van der Waals surface area contributed by atoms with Crippen LogP contribution in [0.25, 0.3) is 6.08 Å². The highest BCUT2D eigenvalue weighted by Gasteiger charge is 2.27. The molecule has 2 N–H and O–H groups in total. The van der Waals surface area contributed by atoms with Crippen LogP contribution in [0.4, 0.5) is 5.69 Å². The van der Waals surface area contributed by atoms with Crippen LogP contribution in [-0.4, -0.2) is 18.5 Å². The smallest absolute Gasteiger partial charge is 0.260 e. The maximum atomic E-state index is 12.7. The minimum Gasteiger partial charge on any atom is -0.493 e. The largest absolute Gasteiger partial charge is 0.493 e. The number of aryl methyl sites for hydroxylation is 1. The van der Waals surface area contributed by atoms with E-state index in [1.165, 1.54) is 20.9 Å². The molecule has 1 heterocycles. The fourth-order valence-corrected chi connectivity index (χ4v) is 5.17. The molecule has 0 saturated carbocycles. The average molecular weight is 613 g/mol. The lowest BCUT2D eigenvalue weighted by Gasteiger charge is -2.16. The highest BCUT2D eigenvalue weighted by Crippen LogP contribution is 2.37. The fraction of sp³-hybridized carbons (Fsp3) is 0.207. The van der Waals surface area contributed by atoms with E-state index in [-0.39, 0.29) is 11.4 Å². The van der Waals surface area contributed by atoms with Crippen LogP contribution < -0.4 is 20.1 Å². The molecule has 1 saturated heterocycles. The van der Waals surface area contributed by atoms with Gasteiger partial charge in [-0.15, -0.1) is 6.58 Å². The van der Waals surface area contributed by atoms with Gasteiger partial charge in [-0.2, -0.15) is 0 Å². The van der Waals surface area contributed by atoms with Crippen LogP contribution in [-0.2, 0) is 24.2 Å². The summed E-state index contributed by atoms with van der Waals surface area (Å²) in [4.78, 5) is 13.3. The second-order valence-corrected chi connectivity index (χ2v) is 10.7. The number of methoxy groups -OCH3 is 1. The molecule has 0 unspecified atom stereocenters. The van der Waals surface area contributed by atoms with Crippen molar-refractivity contribution in [1.82, 2.24) is 5.32 Å². The highest BCUT2D eigenvalue weighted by atomic mass is 127. The summed E-state index contributed by atoms with van der Waals surface area (Å²) in [6, 6.07) is 20.4. The Morgan fingerprint density at radius 1 is 1.11 bits per heavy atom. The summed E-state index contributed by atoms with van der Waals surface area (Å²) < 4.78 is 13.1. The SMILES string of the molecule is C=CCc1cc(/C=C2\S[C@@H](Nc3ccc(CC)cc3)NC2=O)cc(OC)c1OCc1ccc(I)cc1. The number of rotatable bonds is 10. The molecular weight excluding hydrogens is 583 g/mol. The van der Waals surface area contributed by atoms with Gasteiger partial charge in [-0.25, -0.2) is 0 Å². The number of carbonyl (C=O) groups is 1. The van der Waals surface area contributed by atoms with E-state index in [2.05, 4.69) is 83.1 Å². The van der Waals surface area contributed by atoms with Crippen molar-refractivity contribution >= 4 is 52.0 Å². The Hall–Kier alpha value is -2.91. The third-order valence-electron chi connectivity index (χ3n) is 5.72. The Morgan fingerprint density at radius 3 is 2.50 bits per heavy atom. The number of benzene rings is 3. The molecule has 1 aliphatic rings. The summed E-state index contributed by atoms with van der Waals surface area (Å²) >= 11 is 3.75. The average Bonchev–Trinajstić information content (AvgIpc) is 3.22. The summed E-state index contributed by atoms with van der Waals surface area (Å²) in [5.74, 6) is 1.21. The Kier molecular flexibility index (Phi) is 8.98. The Balaban J connectivity index is 1.52. The third kappa shape index (κ3) is 6.64. The van der Waals surface area contributed by atoms with Gasteiger partial charge in [-0.1, -0.05) is 49.0 Å². The molecular formula is C29H29IN2O3S. The number of halogens is 1. The zero-order chi connectivity index (χ0) is 25.5. The normalized spacial score (nSPS) is 16.0. The molecule has 3 aromatic rings. The van der Waals surface area contributed by atoms with Crippen molar-refractivity contribution in [3.05, 3.63) is 104 Å². The first-order chi connectivity index (χ1) is 17.5. The number of nitrogens with one attached hydrogen (secondary N) is 2. The van der Waals surface area contributed by atoms with Crippen molar-refractivity contribution in [3.63, 3.8) is 0 Å². The van der Waals surface area contributed by atoms with E-state index in [4.69, 9.17) is 9.47 Å². The van der Waals surface area contributed by atoms with Crippen LogP contribution >= 0.6 is 34.4 Å². The predicted molar refractivity (Wildman–Crippen MR) is 157 cm³/mol. The molecule has 0 aliphatic carbocycles. The van der Waals surface area contributed by atoms with Gasteiger partial charge in [0.1, 0.15) is 6.61 Å². The number of ether oxygens (including phenoxy) is 2. The molecule has 186 valence electrons. The monoisotopic (exact) mass is 612 g/mol. The minimum absolute atomic E-state index is 0.106. The summed E-state index contributed by atoms with van der Waals surface area (Å²) in [5, 5.41) is 6.36. The van der Waals surface area contributed by atoms with Gasteiger partial charge < -0.3 is 20.1 Å². The van der Waals surface area contributed by atoms with E-state index < -0.39 is 0 Å². The van der Waals surface area contributed by atoms with E-state index in [0.29, 0.717) is 29.4 Å². The molecule has 0 aromatic heterocycles. The van der Waals surface area contributed by atoms with Gasteiger partial charge in [0, 0.05) is 14.8 Å². The van der Waals surface area contributed by atoms with E-state index in [1.54, 1.807) is 7.11 Å². The number of thioether (sulfide) groups is 1. The lowest BCUT2D eigenvalue weighted by atomic mass is 10.0. The zero-order valence-electron chi connectivity index (χ0n) is 20.3. The lowest BCUT2D eigenvalue weighted by Crippen LogP contribution is -2.30. The molecule has 0 radical (unpaired) electrons. The van der Waals surface area contributed by atoms with Crippen molar-refractivity contribution in [1.29, 1.82) is 0 Å². The molecule has 3 aromatic carbocycles. The number of hydrogen-bond acceptors (Lipinski definition) is 5. The van der Waals surface area contributed by atoms with Crippen LogP contribution in [0.5, 0.6) is 11.5 Å². The maximum Gasteiger partial charge on any atom is 0.260 e. The van der Waals surface area contributed by atoms with Gasteiger partial charge in [0.2, 0.25) is 0 Å². The van der Waals surface area contributed by atoms with Gasteiger partial charge in [-0.3, -0.25) is 4.79 Å². The summed E-state index contributed by atoms with van der Waals surface area (Å²) in [6.07, 6.45) is 5.34. The Morgan fingerprint density at radius 2 is 1.83 bits per heavy atom. The van der Waals surface area contributed by atoms with Crippen LogP contribution in [0.15, 0.2) is 78.2 Å². The van der Waals surface area contributed by atoms with Crippen molar-refractivity contribution in [2.24, 2.45) is 0 Å². The standard InChI is InChI=1S/C29H29IN2O3S/c1-4-6-22-15-21(16-25(34-3)27(22)35-18-20-7-11-23(30)12-8-20)17-26-28(33)32-29(36-26)31-24-13-9-19(5-2)10-14-24/h4,7-17,29,31H,1,5-6,18H2,2-3H3,(H,32,33)/b26-17-/t29-/m0/s1. The number of anilines is 1. The van der Waals surface area contributed by atoms with Crippen molar-refractivity contribution < 1.29 is 14.3 Å². The Labute approximate surface area is 230 Å². The van der Waals surface area contributed by atoms with Crippen molar-refractivity contribution in [2.75, 3.05) is 12.4 Å². The molecule has 1 aliphatic heterocycles. The highest BCUT2D eigenvalue weighted by molar-refractivity contribution is 14.1. The van der Waals surface area contributed by atoms with Crippen molar-refractivity contribution in [3.8, 4) is 11.5 Å². The molecule has 5 nitrogen and oxygen atoms in total. The van der Waals surface area contributed by atoms with Crippen LogP contribution in [0.2, 0.25) is 0 Å². The lowest BCUT2D eigenvalue weighted by molar-refractivity contribution is -0.116. The first kappa shape index (κ1) is 26.2. The Bertz CT molecular complexity index is 1260. The predicted octanol–water partition coefficient (Wildman–Crippen LogP) is 6.77. The van der Waals surface area contributed by atoms with Gasteiger partial charge in [0.05, 0.1) is 12.0 Å². The van der Waals surface area contributed by atoms with Crippen LogP contribution in [0.1, 0.15) is 29.2 Å². The molecule has 4 rings (SSSR count). The van der Waals surface area contributed by atoms with Gasteiger partial charge in [0.25, 0.3) is 5.91 Å². The number of carbonyl (C=O) groups excluding carboxylic acids is 1. The summed E-state index contributed by atoms with van der Waals surface area (Å²) in [5.41, 5.74) is 4.92. The summed E-state index contributed by atoms with van der Waals surface area (Å²) in [7, 11) is 1.63. The summed E-state index contributed by atoms with van der Waals surface area (Å²) in [6.45, 7) is 6.46. The zero-order valence-corrected chi connectivity index (χ0v) is 23.3. The molecule has 1 atom stereocenters. The molecule has 36 heavy (non-hydrogen) atoms. The minimum atomic E-state index is -0.234. The maximum absolute atomic E-state index is 12.7. The molecule has 1 amide bonds. The molecule has 0 spiro atoms. The van der Waals surface area contributed by atoms with E-state index >= 15 is 0 Å². The fourth-order valence-electron chi connectivity index (χ4n) is 3.83. The van der Waals surface area contributed by atoms with E-state index in [0.717, 1.165) is 28.8 Å². The number of allylic oxidation sites excluding steroid dienone is 1. The second-order valence-electron chi connectivity index (χ2n) is 8.29. The van der Waals surface area contributed by atoms with Gasteiger partial charge in [0.15, 0.2) is 17.0 Å². The van der Waals surface area contributed by atoms with Crippen LogP contribution in [0.3, 0.4) is 0 Å².